The van der Waals surface area contributed by atoms with Crippen LogP contribution in [-0.4, -0.2) is 36.9 Å². The van der Waals surface area contributed by atoms with Crippen molar-refractivity contribution in [3.05, 3.63) is 29.8 Å². The zero-order chi connectivity index (χ0) is 12.9. The molecular formula is C12H11NO4S. The summed E-state index contributed by atoms with van der Waals surface area (Å²) in [6.07, 6.45) is 0.745. The number of carbonyl (C=O) groups excluding carboxylic acids is 2. The van der Waals surface area contributed by atoms with Gasteiger partial charge in [0.2, 0.25) is 10.0 Å². The molecule has 1 fully saturated rings. The highest BCUT2D eigenvalue weighted by Crippen LogP contribution is 2.33. The quantitative estimate of drug-likeness (QED) is 0.644. The fourth-order valence-corrected chi connectivity index (χ4v) is 4.35. The van der Waals surface area contributed by atoms with E-state index in [2.05, 4.69) is 0 Å². The van der Waals surface area contributed by atoms with Gasteiger partial charge in [-0.15, -0.1) is 0 Å². The van der Waals surface area contributed by atoms with E-state index >= 15 is 0 Å². The van der Waals surface area contributed by atoms with Gasteiger partial charge < -0.3 is 0 Å². The highest BCUT2D eigenvalue weighted by molar-refractivity contribution is 7.89. The number of nitrogens with zero attached hydrogens (tertiary/aromatic N) is 1. The van der Waals surface area contributed by atoms with E-state index in [1.165, 1.54) is 12.1 Å². The second-order valence-corrected chi connectivity index (χ2v) is 6.31. The molecule has 18 heavy (non-hydrogen) atoms. The van der Waals surface area contributed by atoms with Crippen LogP contribution in [0.4, 0.5) is 0 Å². The van der Waals surface area contributed by atoms with Crippen LogP contribution in [0, 0.1) is 0 Å². The first-order valence-corrected chi connectivity index (χ1v) is 7.15. The first kappa shape index (κ1) is 11.6. The zero-order valence-corrected chi connectivity index (χ0v) is 10.3. The van der Waals surface area contributed by atoms with Gasteiger partial charge in [-0.3, -0.25) is 9.59 Å². The predicted octanol–water partition coefficient (Wildman–Crippen LogP) is 0.605. The summed E-state index contributed by atoms with van der Waals surface area (Å²) in [7, 11) is -3.72. The second kappa shape index (κ2) is 3.73. The van der Waals surface area contributed by atoms with Crippen molar-refractivity contribution in [2.24, 2.45) is 0 Å². The van der Waals surface area contributed by atoms with Crippen molar-refractivity contribution in [2.45, 2.75) is 23.8 Å². The van der Waals surface area contributed by atoms with Gasteiger partial charge in [-0.1, -0.05) is 12.1 Å². The summed E-state index contributed by atoms with van der Waals surface area (Å²) in [6, 6.07) is 4.93. The number of sulfonamides is 1. The lowest BCUT2D eigenvalue weighted by Crippen LogP contribution is -2.56. The monoisotopic (exact) mass is 265 g/mol. The number of piperidine rings is 1. The van der Waals surface area contributed by atoms with Crippen LogP contribution in [0.1, 0.15) is 23.2 Å². The first-order chi connectivity index (χ1) is 8.53. The topological polar surface area (TPSA) is 71.5 Å². The van der Waals surface area contributed by atoms with E-state index in [1.807, 2.05) is 0 Å². The van der Waals surface area contributed by atoms with Crippen molar-refractivity contribution in [2.75, 3.05) is 6.54 Å². The van der Waals surface area contributed by atoms with Crippen LogP contribution in [0.25, 0.3) is 0 Å². The van der Waals surface area contributed by atoms with Crippen molar-refractivity contribution >= 4 is 21.6 Å². The molecule has 0 saturated carbocycles. The van der Waals surface area contributed by atoms with E-state index in [4.69, 9.17) is 0 Å². The Bertz CT molecular complexity index is 650. The van der Waals surface area contributed by atoms with Gasteiger partial charge in [-0.25, -0.2) is 8.42 Å². The van der Waals surface area contributed by atoms with Gasteiger partial charge >= 0.3 is 0 Å². The van der Waals surface area contributed by atoms with Crippen LogP contribution in [0.3, 0.4) is 0 Å². The number of Topliss-reactive ketones (excluding diaryl/α,β-unsaturated/α-hetero) is 2. The number of hydrogen-bond donors (Lipinski definition) is 0. The average molecular weight is 265 g/mol. The van der Waals surface area contributed by atoms with Gasteiger partial charge in [0.15, 0.2) is 11.6 Å². The van der Waals surface area contributed by atoms with Crippen molar-refractivity contribution < 1.29 is 18.0 Å². The Morgan fingerprint density at radius 3 is 2.67 bits per heavy atom. The lowest BCUT2D eigenvalue weighted by atomic mass is 9.95. The molecule has 0 spiro atoms. The Hall–Kier alpha value is -1.53. The molecule has 2 aliphatic rings. The van der Waals surface area contributed by atoms with Gasteiger partial charge in [0.25, 0.3) is 0 Å². The summed E-state index contributed by atoms with van der Waals surface area (Å²) in [6.45, 7) is 0.235. The SMILES string of the molecule is O=C1CCCN2C1C(=O)c1ccccc1S2(=O)=O. The van der Waals surface area contributed by atoms with Crippen LogP contribution in [0.15, 0.2) is 29.2 Å². The average Bonchev–Trinajstić information content (AvgIpc) is 2.36. The molecule has 2 aliphatic heterocycles. The molecule has 0 amide bonds. The predicted molar refractivity (Wildman–Crippen MR) is 62.7 cm³/mol. The molecule has 1 saturated heterocycles. The van der Waals surface area contributed by atoms with E-state index in [0.29, 0.717) is 6.42 Å². The van der Waals surface area contributed by atoms with Crippen LogP contribution in [-0.2, 0) is 14.8 Å². The van der Waals surface area contributed by atoms with Gasteiger partial charge in [0.1, 0.15) is 6.04 Å². The maximum Gasteiger partial charge on any atom is 0.244 e. The molecular weight excluding hydrogens is 254 g/mol. The second-order valence-electron chi connectivity index (χ2n) is 4.45. The molecule has 1 aromatic carbocycles. The number of fused-ring (bicyclic) bond motifs is 2. The summed E-state index contributed by atoms with van der Waals surface area (Å²) < 4.78 is 25.7. The molecule has 3 rings (SSSR count). The largest absolute Gasteiger partial charge is 0.297 e. The van der Waals surface area contributed by atoms with Gasteiger partial charge in [-0.2, -0.15) is 4.31 Å². The Balaban J connectivity index is 2.28. The normalized spacial score (nSPS) is 26.6. The molecule has 0 bridgehead atoms. The van der Waals surface area contributed by atoms with Crippen molar-refractivity contribution in [1.82, 2.24) is 4.31 Å². The number of benzene rings is 1. The fraction of sp³-hybridized carbons (Fsp3) is 0.333. The Labute approximate surface area is 104 Å². The number of rotatable bonds is 0. The summed E-state index contributed by atoms with van der Waals surface area (Å²) >= 11 is 0. The third-order valence-electron chi connectivity index (χ3n) is 3.38. The van der Waals surface area contributed by atoms with Gasteiger partial charge in [-0.05, 0) is 18.6 Å². The number of hydrogen-bond acceptors (Lipinski definition) is 4. The third kappa shape index (κ3) is 1.39. The summed E-state index contributed by atoms with van der Waals surface area (Å²) in [5, 5.41) is 0. The Morgan fingerprint density at radius 2 is 1.89 bits per heavy atom. The van der Waals surface area contributed by atoms with Crippen LogP contribution < -0.4 is 0 Å². The molecule has 0 N–H and O–H groups in total. The lowest BCUT2D eigenvalue weighted by molar-refractivity contribution is -0.123. The first-order valence-electron chi connectivity index (χ1n) is 5.71. The molecule has 5 nitrogen and oxygen atoms in total. The third-order valence-corrected chi connectivity index (χ3v) is 5.30. The molecule has 94 valence electrons. The highest BCUT2D eigenvalue weighted by Gasteiger charge is 2.48. The van der Waals surface area contributed by atoms with Gasteiger partial charge in [0.05, 0.1) is 4.90 Å². The van der Waals surface area contributed by atoms with E-state index < -0.39 is 21.8 Å². The van der Waals surface area contributed by atoms with Crippen LogP contribution >= 0.6 is 0 Å². The maximum atomic E-state index is 12.4. The van der Waals surface area contributed by atoms with Gasteiger partial charge in [0, 0.05) is 18.5 Å². The number of carbonyl (C=O) groups is 2. The minimum atomic E-state index is -3.72. The standard InChI is InChI=1S/C12H11NO4S/c14-9-5-3-7-13-11(9)12(15)8-4-1-2-6-10(8)18(13,16)17/h1-2,4,6,11H,3,5,7H2. The molecule has 1 atom stereocenters. The zero-order valence-electron chi connectivity index (χ0n) is 9.50. The van der Waals surface area contributed by atoms with Crippen molar-refractivity contribution in [3.8, 4) is 0 Å². The Kier molecular flexibility index (Phi) is 2.39. The summed E-state index contributed by atoms with van der Waals surface area (Å²) in [5.41, 5.74) is 0.133. The number of ketones is 2. The van der Waals surface area contributed by atoms with E-state index in [0.717, 1.165) is 4.31 Å². The van der Waals surface area contributed by atoms with E-state index in [-0.39, 0.29) is 29.2 Å². The van der Waals surface area contributed by atoms with Crippen LogP contribution in [0.5, 0.6) is 0 Å². The smallest absolute Gasteiger partial charge is 0.244 e. The van der Waals surface area contributed by atoms with E-state index in [9.17, 15) is 18.0 Å². The molecule has 1 aromatic rings. The summed E-state index contributed by atoms with van der Waals surface area (Å²) in [4.78, 5) is 24.0. The molecule has 6 heteroatoms. The minimum absolute atomic E-state index is 0.0148. The molecule has 0 aliphatic carbocycles. The van der Waals surface area contributed by atoms with E-state index in [1.54, 1.807) is 12.1 Å². The van der Waals surface area contributed by atoms with Crippen molar-refractivity contribution in [3.63, 3.8) is 0 Å². The van der Waals surface area contributed by atoms with Crippen molar-refractivity contribution in [1.29, 1.82) is 0 Å². The molecule has 0 radical (unpaired) electrons. The molecule has 1 unspecified atom stereocenters. The minimum Gasteiger partial charge on any atom is -0.297 e. The molecule has 0 aromatic heterocycles. The molecule has 2 heterocycles. The highest BCUT2D eigenvalue weighted by atomic mass is 32.2. The van der Waals surface area contributed by atoms with Crippen LogP contribution in [0.2, 0.25) is 0 Å². The lowest BCUT2D eigenvalue weighted by Gasteiger charge is -2.36. The fourth-order valence-electron chi connectivity index (χ4n) is 2.54. The maximum absolute atomic E-state index is 12.4. The Morgan fingerprint density at radius 1 is 1.17 bits per heavy atom. The summed E-state index contributed by atoms with van der Waals surface area (Å²) in [5.74, 6) is -0.700.